The first kappa shape index (κ1) is 24.2. The molecule has 6 nitrogen and oxygen atoms in total. The van der Waals surface area contributed by atoms with E-state index in [1.165, 1.54) is 11.3 Å². The van der Waals surface area contributed by atoms with Gasteiger partial charge in [0.1, 0.15) is 11.5 Å². The molecule has 36 heavy (non-hydrogen) atoms. The Kier molecular flexibility index (Phi) is 6.64. The van der Waals surface area contributed by atoms with Crippen molar-refractivity contribution in [2.24, 2.45) is 4.99 Å². The quantitative estimate of drug-likeness (QED) is 0.316. The topological polar surface area (TPSA) is 73.8 Å². The van der Waals surface area contributed by atoms with Gasteiger partial charge in [0.2, 0.25) is 0 Å². The maximum absolute atomic E-state index is 13.7. The highest BCUT2D eigenvalue weighted by molar-refractivity contribution is 9.10. The van der Waals surface area contributed by atoms with E-state index in [0.29, 0.717) is 32.1 Å². The second-order valence-electron chi connectivity index (χ2n) is 8.43. The van der Waals surface area contributed by atoms with E-state index in [1.807, 2.05) is 67.6 Å². The molecular formula is C28H23BrN2O4S. The van der Waals surface area contributed by atoms with Crippen LogP contribution in [0.5, 0.6) is 0 Å². The molecule has 0 amide bonds. The van der Waals surface area contributed by atoms with E-state index >= 15 is 0 Å². The van der Waals surface area contributed by atoms with Gasteiger partial charge < -0.3 is 9.15 Å². The number of fused-ring (bicyclic) bond motifs is 1. The van der Waals surface area contributed by atoms with Crippen LogP contribution in [0.4, 0.5) is 0 Å². The molecule has 1 aliphatic rings. The van der Waals surface area contributed by atoms with Crippen LogP contribution in [-0.4, -0.2) is 17.1 Å². The highest BCUT2D eigenvalue weighted by Gasteiger charge is 2.33. The average Bonchev–Trinajstić information content (AvgIpc) is 3.43. The van der Waals surface area contributed by atoms with Crippen molar-refractivity contribution in [1.29, 1.82) is 0 Å². The SMILES string of the molecule is CCOC(=O)C1=C(C)N=c2s/c(=C\c3ccc(-c4cccc(Br)c4)o3)c(=O)n2[C@@H]1c1ccc(C)cc1. The number of aromatic nitrogens is 1. The second-order valence-corrected chi connectivity index (χ2v) is 10.4. The first-order chi connectivity index (χ1) is 17.4. The summed E-state index contributed by atoms with van der Waals surface area (Å²) in [4.78, 5) is 31.8. The number of halogens is 1. The molecular weight excluding hydrogens is 540 g/mol. The molecule has 1 aliphatic heterocycles. The van der Waals surface area contributed by atoms with Crippen LogP contribution in [0.15, 0.2) is 90.6 Å². The first-order valence-electron chi connectivity index (χ1n) is 11.5. The lowest BCUT2D eigenvalue weighted by molar-refractivity contribution is -0.139. The lowest BCUT2D eigenvalue weighted by atomic mass is 9.95. The fourth-order valence-electron chi connectivity index (χ4n) is 4.21. The number of hydrogen-bond acceptors (Lipinski definition) is 6. The summed E-state index contributed by atoms with van der Waals surface area (Å²) in [6, 6.07) is 18.7. The Balaban J connectivity index is 1.64. The third-order valence-electron chi connectivity index (χ3n) is 5.92. The van der Waals surface area contributed by atoms with Gasteiger partial charge in [-0.25, -0.2) is 9.79 Å². The predicted molar refractivity (Wildman–Crippen MR) is 143 cm³/mol. The number of rotatable bonds is 5. The lowest BCUT2D eigenvalue weighted by Gasteiger charge is -2.24. The fraction of sp³-hybridized carbons (Fsp3) is 0.179. The van der Waals surface area contributed by atoms with Crippen molar-refractivity contribution in [2.75, 3.05) is 6.61 Å². The molecule has 1 atom stereocenters. The molecule has 0 N–H and O–H groups in total. The maximum atomic E-state index is 13.7. The standard InChI is InChI=1S/C28H23BrN2O4S/c1-4-34-27(33)24-17(3)30-28-31(25(24)18-10-8-16(2)9-11-18)26(32)23(36-28)15-21-12-13-22(35-21)19-6-5-7-20(29)14-19/h5-15,25H,4H2,1-3H3/b23-15-/t25-/m1/s1. The number of hydrogen-bond donors (Lipinski definition) is 0. The Morgan fingerprint density at radius 1 is 1.17 bits per heavy atom. The summed E-state index contributed by atoms with van der Waals surface area (Å²) in [6.45, 7) is 5.77. The second kappa shape index (κ2) is 9.87. The number of aryl methyl sites for hydroxylation is 1. The van der Waals surface area contributed by atoms with Crippen molar-refractivity contribution in [2.45, 2.75) is 26.8 Å². The van der Waals surface area contributed by atoms with E-state index in [1.54, 1.807) is 24.5 Å². The minimum atomic E-state index is -0.628. The van der Waals surface area contributed by atoms with Crippen LogP contribution in [-0.2, 0) is 9.53 Å². The van der Waals surface area contributed by atoms with Crippen molar-refractivity contribution in [1.82, 2.24) is 4.57 Å². The zero-order chi connectivity index (χ0) is 25.4. The molecule has 182 valence electrons. The van der Waals surface area contributed by atoms with Gasteiger partial charge in [-0.3, -0.25) is 9.36 Å². The van der Waals surface area contributed by atoms with Crippen LogP contribution >= 0.6 is 27.3 Å². The summed E-state index contributed by atoms with van der Waals surface area (Å²) in [5.74, 6) is 0.792. The highest BCUT2D eigenvalue weighted by Crippen LogP contribution is 2.31. The summed E-state index contributed by atoms with van der Waals surface area (Å²) in [7, 11) is 0. The van der Waals surface area contributed by atoms with E-state index in [-0.39, 0.29) is 12.2 Å². The Hall–Kier alpha value is -3.49. The average molecular weight is 563 g/mol. The minimum absolute atomic E-state index is 0.236. The van der Waals surface area contributed by atoms with Gasteiger partial charge in [0, 0.05) is 16.1 Å². The van der Waals surface area contributed by atoms with E-state index in [0.717, 1.165) is 21.2 Å². The molecule has 0 spiro atoms. The molecule has 2 aromatic carbocycles. The van der Waals surface area contributed by atoms with Gasteiger partial charge in [-0.2, -0.15) is 0 Å². The Morgan fingerprint density at radius 2 is 1.94 bits per heavy atom. The maximum Gasteiger partial charge on any atom is 0.338 e. The number of carbonyl (C=O) groups excluding carboxylic acids is 1. The van der Waals surface area contributed by atoms with Crippen LogP contribution in [0.3, 0.4) is 0 Å². The van der Waals surface area contributed by atoms with Crippen LogP contribution in [0, 0.1) is 6.92 Å². The third kappa shape index (κ3) is 4.54. The normalized spacial score (nSPS) is 15.6. The van der Waals surface area contributed by atoms with Gasteiger partial charge in [0.15, 0.2) is 4.80 Å². The molecule has 5 rings (SSSR count). The molecule has 0 fully saturated rings. The summed E-state index contributed by atoms with van der Waals surface area (Å²) >= 11 is 4.75. The molecule has 2 aromatic heterocycles. The van der Waals surface area contributed by atoms with Gasteiger partial charge in [0.25, 0.3) is 5.56 Å². The summed E-state index contributed by atoms with van der Waals surface area (Å²) in [5.41, 5.74) is 3.51. The number of furan rings is 1. The third-order valence-corrected chi connectivity index (χ3v) is 7.40. The molecule has 0 radical (unpaired) electrons. The number of allylic oxidation sites excluding steroid dienone is 1. The first-order valence-corrected chi connectivity index (χ1v) is 13.1. The Bertz CT molecular complexity index is 1680. The van der Waals surface area contributed by atoms with Gasteiger partial charge in [-0.05, 0) is 50.6 Å². The molecule has 0 unspecified atom stereocenters. The number of nitrogens with zero attached hydrogens (tertiary/aromatic N) is 2. The molecule has 0 bridgehead atoms. The predicted octanol–water partition coefficient (Wildman–Crippen LogP) is 5.13. The highest BCUT2D eigenvalue weighted by atomic mass is 79.9. The number of ether oxygens (including phenoxy) is 1. The molecule has 0 aliphatic carbocycles. The van der Waals surface area contributed by atoms with Gasteiger partial charge >= 0.3 is 5.97 Å². The lowest BCUT2D eigenvalue weighted by Crippen LogP contribution is -2.39. The molecule has 8 heteroatoms. The number of benzene rings is 2. The minimum Gasteiger partial charge on any atom is -0.463 e. The zero-order valence-corrected chi connectivity index (χ0v) is 22.4. The van der Waals surface area contributed by atoms with Gasteiger partial charge in [0.05, 0.1) is 28.5 Å². The van der Waals surface area contributed by atoms with Gasteiger partial charge in [-0.15, -0.1) is 0 Å². The smallest absolute Gasteiger partial charge is 0.338 e. The largest absolute Gasteiger partial charge is 0.463 e. The number of thiazole rings is 1. The summed E-state index contributed by atoms with van der Waals surface area (Å²) in [6.07, 6.45) is 1.72. The van der Waals surface area contributed by atoms with Crippen molar-refractivity contribution in [3.8, 4) is 11.3 Å². The fourth-order valence-corrected chi connectivity index (χ4v) is 5.64. The van der Waals surface area contributed by atoms with E-state index in [9.17, 15) is 9.59 Å². The van der Waals surface area contributed by atoms with Gasteiger partial charge in [-0.1, -0.05) is 69.2 Å². The van der Waals surface area contributed by atoms with Crippen LogP contribution in [0.25, 0.3) is 17.4 Å². The molecule has 3 heterocycles. The monoisotopic (exact) mass is 562 g/mol. The van der Waals surface area contributed by atoms with Crippen molar-refractivity contribution < 1.29 is 13.9 Å². The van der Waals surface area contributed by atoms with E-state index in [2.05, 4.69) is 20.9 Å². The van der Waals surface area contributed by atoms with Crippen molar-refractivity contribution in [3.63, 3.8) is 0 Å². The molecule has 0 saturated heterocycles. The van der Waals surface area contributed by atoms with Crippen LogP contribution < -0.4 is 14.9 Å². The Morgan fingerprint density at radius 3 is 2.67 bits per heavy atom. The molecule has 4 aromatic rings. The van der Waals surface area contributed by atoms with Crippen molar-refractivity contribution in [3.05, 3.63) is 113 Å². The van der Waals surface area contributed by atoms with E-state index in [4.69, 9.17) is 9.15 Å². The summed E-state index contributed by atoms with van der Waals surface area (Å²) < 4.78 is 14.4. The van der Waals surface area contributed by atoms with Crippen molar-refractivity contribution >= 4 is 39.3 Å². The van der Waals surface area contributed by atoms with Crippen LogP contribution in [0.2, 0.25) is 0 Å². The number of carbonyl (C=O) groups is 1. The zero-order valence-electron chi connectivity index (χ0n) is 19.9. The van der Waals surface area contributed by atoms with Crippen LogP contribution in [0.1, 0.15) is 36.8 Å². The van der Waals surface area contributed by atoms with E-state index < -0.39 is 12.0 Å². The Labute approximate surface area is 220 Å². The molecule has 0 saturated carbocycles. The summed E-state index contributed by atoms with van der Waals surface area (Å²) in [5, 5.41) is 0. The number of esters is 1.